The Balaban J connectivity index is 2.11. The van der Waals surface area contributed by atoms with E-state index < -0.39 is 0 Å². The van der Waals surface area contributed by atoms with E-state index in [0.717, 1.165) is 27.3 Å². The molecule has 0 bridgehead atoms. The van der Waals surface area contributed by atoms with Crippen LogP contribution in [0.25, 0.3) is 0 Å². The maximum atomic E-state index is 12.1. The van der Waals surface area contributed by atoms with E-state index in [1.165, 1.54) is 0 Å². The van der Waals surface area contributed by atoms with Crippen molar-refractivity contribution < 1.29 is 4.79 Å². The fraction of sp³-hybridized carbons (Fsp3) is 0.417. The lowest BCUT2D eigenvalue weighted by atomic mass is 10.2. The fourth-order valence-electron chi connectivity index (χ4n) is 2.00. The fourth-order valence-corrected chi connectivity index (χ4v) is 3.26. The summed E-state index contributed by atoms with van der Waals surface area (Å²) < 4.78 is 1.87. The third-order valence-corrected chi connectivity index (χ3v) is 4.81. The van der Waals surface area contributed by atoms with Gasteiger partial charge in [-0.15, -0.1) is 11.6 Å². The summed E-state index contributed by atoms with van der Waals surface area (Å²) in [5, 5.41) is 3.08. The van der Waals surface area contributed by atoms with E-state index in [2.05, 4.69) is 43.8 Å². The standard InChI is InChI=1S/C12H12BrClINO/c13-9-5-4-7(15)6-8(9)12(17)16-11-3-1-2-10(11)14/h4-6,10-11H,1-3H2,(H,16,17). The highest BCUT2D eigenvalue weighted by atomic mass is 127. The number of hydrogen-bond donors (Lipinski definition) is 1. The second-order valence-electron chi connectivity index (χ2n) is 4.15. The quantitative estimate of drug-likeness (QED) is 0.561. The van der Waals surface area contributed by atoms with E-state index in [4.69, 9.17) is 11.6 Å². The molecule has 2 rings (SSSR count). The van der Waals surface area contributed by atoms with Crippen molar-refractivity contribution in [3.63, 3.8) is 0 Å². The summed E-state index contributed by atoms with van der Waals surface area (Å²) in [5.74, 6) is -0.0482. The average Bonchev–Trinajstić information content (AvgIpc) is 2.68. The Morgan fingerprint density at radius 2 is 2.24 bits per heavy atom. The summed E-state index contributed by atoms with van der Waals surface area (Å²) in [6.45, 7) is 0. The molecule has 2 atom stereocenters. The van der Waals surface area contributed by atoms with E-state index in [1.807, 2.05) is 18.2 Å². The summed E-state index contributed by atoms with van der Waals surface area (Å²) in [6, 6.07) is 5.83. The number of halogens is 3. The van der Waals surface area contributed by atoms with Gasteiger partial charge < -0.3 is 5.32 Å². The van der Waals surface area contributed by atoms with Crippen molar-refractivity contribution in [1.82, 2.24) is 5.32 Å². The zero-order valence-corrected chi connectivity index (χ0v) is 13.5. The van der Waals surface area contributed by atoms with Crippen LogP contribution in [0.1, 0.15) is 29.6 Å². The van der Waals surface area contributed by atoms with Gasteiger partial charge in [0.1, 0.15) is 0 Å². The van der Waals surface area contributed by atoms with E-state index in [9.17, 15) is 4.79 Å². The van der Waals surface area contributed by atoms with Crippen LogP contribution < -0.4 is 5.32 Å². The molecule has 1 aromatic carbocycles. The molecule has 0 saturated heterocycles. The number of benzene rings is 1. The van der Waals surface area contributed by atoms with Crippen LogP contribution in [0.2, 0.25) is 0 Å². The topological polar surface area (TPSA) is 29.1 Å². The molecule has 0 aromatic heterocycles. The zero-order valence-electron chi connectivity index (χ0n) is 9.05. The predicted octanol–water partition coefficient (Wildman–Crippen LogP) is 3.94. The van der Waals surface area contributed by atoms with Gasteiger partial charge in [-0.05, 0) is 76.0 Å². The van der Waals surface area contributed by atoms with Crippen molar-refractivity contribution >= 4 is 56.0 Å². The molecule has 1 N–H and O–H groups in total. The molecule has 1 aliphatic rings. The van der Waals surface area contributed by atoms with Crippen LogP contribution in [0.5, 0.6) is 0 Å². The highest BCUT2D eigenvalue weighted by molar-refractivity contribution is 14.1. The summed E-state index contributed by atoms with van der Waals surface area (Å²) >= 11 is 11.7. The molecule has 1 saturated carbocycles. The van der Waals surface area contributed by atoms with Crippen molar-refractivity contribution in [2.24, 2.45) is 0 Å². The lowest BCUT2D eigenvalue weighted by Gasteiger charge is -2.16. The maximum absolute atomic E-state index is 12.1. The average molecular weight is 428 g/mol. The molecule has 1 amide bonds. The van der Waals surface area contributed by atoms with Crippen molar-refractivity contribution in [1.29, 1.82) is 0 Å². The van der Waals surface area contributed by atoms with Gasteiger partial charge in [-0.2, -0.15) is 0 Å². The molecule has 1 fully saturated rings. The van der Waals surface area contributed by atoms with E-state index >= 15 is 0 Å². The molecule has 1 aromatic rings. The number of hydrogen-bond acceptors (Lipinski definition) is 1. The Morgan fingerprint density at radius 3 is 2.88 bits per heavy atom. The molecule has 5 heteroatoms. The molecule has 2 nitrogen and oxygen atoms in total. The van der Waals surface area contributed by atoms with Gasteiger partial charge in [0.2, 0.25) is 0 Å². The van der Waals surface area contributed by atoms with Crippen molar-refractivity contribution in [2.45, 2.75) is 30.7 Å². The van der Waals surface area contributed by atoms with Gasteiger partial charge in [-0.3, -0.25) is 4.79 Å². The van der Waals surface area contributed by atoms with Gasteiger partial charge in [0.05, 0.1) is 10.9 Å². The Bertz CT molecular complexity index is 441. The molecule has 0 radical (unpaired) electrons. The van der Waals surface area contributed by atoms with Crippen LogP contribution in [-0.2, 0) is 0 Å². The summed E-state index contributed by atoms with van der Waals surface area (Å²) in [6.07, 6.45) is 3.05. The van der Waals surface area contributed by atoms with Crippen LogP contribution in [-0.4, -0.2) is 17.3 Å². The van der Waals surface area contributed by atoms with Gasteiger partial charge in [-0.1, -0.05) is 0 Å². The molecule has 0 aliphatic heterocycles. The summed E-state index contributed by atoms with van der Waals surface area (Å²) in [5.41, 5.74) is 0.674. The SMILES string of the molecule is O=C(NC1CCCC1Cl)c1cc(I)ccc1Br. The van der Waals surface area contributed by atoms with Crippen molar-refractivity contribution in [3.05, 3.63) is 31.8 Å². The Labute approximate surface area is 128 Å². The summed E-state index contributed by atoms with van der Waals surface area (Å²) in [4.78, 5) is 12.1. The first-order valence-electron chi connectivity index (χ1n) is 5.48. The molecule has 0 spiro atoms. The van der Waals surface area contributed by atoms with Crippen LogP contribution in [0.15, 0.2) is 22.7 Å². The van der Waals surface area contributed by atoms with Crippen LogP contribution in [0.4, 0.5) is 0 Å². The summed E-state index contributed by atoms with van der Waals surface area (Å²) in [7, 11) is 0. The molecule has 17 heavy (non-hydrogen) atoms. The predicted molar refractivity (Wildman–Crippen MR) is 81.6 cm³/mol. The van der Waals surface area contributed by atoms with Crippen LogP contribution in [0.3, 0.4) is 0 Å². The number of nitrogens with one attached hydrogen (secondary N) is 1. The van der Waals surface area contributed by atoms with Gasteiger partial charge >= 0.3 is 0 Å². The first-order chi connectivity index (χ1) is 8.08. The normalized spacial score (nSPS) is 23.7. The highest BCUT2D eigenvalue weighted by Crippen LogP contribution is 2.25. The molecule has 1 aliphatic carbocycles. The zero-order chi connectivity index (χ0) is 12.4. The minimum Gasteiger partial charge on any atom is -0.348 e. The number of rotatable bonds is 2. The van der Waals surface area contributed by atoms with Gasteiger partial charge in [0.15, 0.2) is 0 Å². The molecular weight excluding hydrogens is 416 g/mol. The van der Waals surface area contributed by atoms with Crippen LogP contribution >= 0.6 is 50.1 Å². The largest absolute Gasteiger partial charge is 0.348 e. The number of carbonyl (C=O) groups excluding carboxylic acids is 1. The molecule has 92 valence electrons. The van der Waals surface area contributed by atoms with Crippen molar-refractivity contribution in [3.8, 4) is 0 Å². The van der Waals surface area contributed by atoms with Crippen molar-refractivity contribution in [2.75, 3.05) is 0 Å². The maximum Gasteiger partial charge on any atom is 0.252 e. The Morgan fingerprint density at radius 1 is 1.47 bits per heavy atom. The van der Waals surface area contributed by atoms with E-state index in [1.54, 1.807) is 0 Å². The van der Waals surface area contributed by atoms with E-state index in [0.29, 0.717) is 5.56 Å². The van der Waals surface area contributed by atoms with E-state index in [-0.39, 0.29) is 17.3 Å². The Hall–Kier alpha value is 0.190. The number of alkyl halides is 1. The third-order valence-electron chi connectivity index (χ3n) is 2.92. The number of amides is 1. The lowest BCUT2D eigenvalue weighted by Crippen LogP contribution is -2.38. The molecule has 0 heterocycles. The van der Waals surface area contributed by atoms with Crippen LogP contribution in [0, 0.1) is 3.57 Å². The third kappa shape index (κ3) is 3.35. The Kier molecular flexibility index (Phi) is 4.72. The second kappa shape index (κ2) is 5.89. The molecular formula is C12H12BrClINO. The minimum atomic E-state index is -0.0482. The monoisotopic (exact) mass is 427 g/mol. The molecule has 2 unspecified atom stereocenters. The minimum absolute atomic E-state index is 0.0482. The van der Waals surface area contributed by atoms with Gasteiger partial charge in [0, 0.05) is 14.1 Å². The van der Waals surface area contributed by atoms with Gasteiger partial charge in [0.25, 0.3) is 5.91 Å². The second-order valence-corrected chi connectivity index (χ2v) is 6.81. The van der Waals surface area contributed by atoms with Gasteiger partial charge in [-0.25, -0.2) is 0 Å². The number of carbonyl (C=O) groups is 1. The first kappa shape index (κ1) is 13.6. The smallest absolute Gasteiger partial charge is 0.252 e. The highest BCUT2D eigenvalue weighted by Gasteiger charge is 2.27. The lowest BCUT2D eigenvalue weighted by molar-refractivity contribution is 0.0937. The first-order valence-corrected chi connectivity index (χ1v) is 7.79.